The van der Waals surface area contributed by atoms with E-state index in [-0.39, 0.29) is 0 Å². The molecule has 0 bridgehead atoms. The lowest BCUT2D eigenvalue weighted by molar-refractivity contribution is 0.122. The lowest BCUT2D eigenvalue weighted by Gasteiger charge is -2.27. The van der Waals surface area contributed by atoms with Gasteiger partial charge in [-0.1, -0.05) is 137 Å². The molecule has 1 N–H and O–H groups in total. The standard InChI is InChI=1S/C26H30N4O2.C7H14.3C2H6/c1-4-10-21(17-19(5-2)20-11-8-7-9-12-20)27-26-28-23-18-22(6-3)32-24(23)25(29-26)30-13-15-31-16-14-30;1-2-3-4-7-5-6-7;3*1-2/h6-12,17-18H,3-5,13-16H2,1-2H3,(H,27,28,29);7H,2-6H2,1H3;3*1-2H3/b19-17+,21-10-;;;;. The van der Waals surface area contributed by atoms with E-state index in [4.69, 9.17) is 19.1 Å². The minimum absolute atomic E-state index is 0.551. The van der Waals surface area contributed by atoms with E-state index in [2.05, 4.69) is 74.0 Å². The second kappa shape index (κ2) is 23.9. The van der Waals surface area contributed by atoms with E-state index in [1.54, 1.807) is 6.08 Å². The number of benzene rings is 1. The number of unbranched alkanes of at least 4 members (excludes halogenated alkanes) is 1. The van der Waals surface area contributed by atoms with Crippen LogP contribution in [0.3, 0.4) is 0 Å². The number of furan rings is 1. The van der Waals surface area contributed by atoms with Crippen molar-refractivity contribution in [3.63, 3.8) is 0 Å². The molecule has 250 valence electrons. The summed E-state index contributed by atoms with van der Waals surface area (Å²) in [5.74, 6) is 3.17. The van der Waals surface area contributed by atoms with E-state index in [0.717, 1.165) is 48.9 Å². The molecule has 1 saturated carbocycles. The Morgan fingerprint density at radius 2 is 1.64 bits per heavy atom. The molecule has 3 aromatic rings. The summed E-state index contributed by atoms with van der Waals surface area (Å²) in [6, 6.07) is 12.4. The van der Waals surface area contributed by atoms with Crippen LogP contribution in [0.25, 0.3) is 22.7 Å². The second-order valence-corrected chi connectivity index (χ2v) is 10.2. The maximum Gasteiger partial charge on any atom is 0.229 e. The third-order valence-corrected chi connectivity index (χ3v) is 7.08. The van der Waals surface area contributed by atoms with Gasteiger partial charge in [0.2, 0.25) is 5.95 Å². The van der Waals surface area contributed by atoms with Gasteiger partial charge >= 0.3 is 0 Å². The lowest BCUT2D eigenvalue weighted by Crippen LogP contribution is -2.37. The van der Waals surface area contributed by atoms with Crippen molar-refractivity contribution in [2.75, 3.05) is 36.5 Å². The van der Waals surface area contributed by atoms with Gasteiger partial charge in [0, 0.05) is 24.9 Å². The number of ether oxygens (including phenoxy) is 1. The van der Waals surface area contributed by atoms with Crippen LogP contribution in [0, 0.1) is 5.92 Å². The predicted molar refractivity (Wildman–Crippen MR) is 198 cm³/mol. The molecule has 1 aromatic carbocycles. The first-order valence-corrected chi connectivity index (χ1v) is 17.6. The zero-order valence-corrected chi connectivity index (χ0v) is 29.9. The van der Waals surface area contributed by atoms with Gasteiger partial charge in [-0.2, -0.15) is 4.98 Å². The highest BCUT2D eigenvalue weighted by Crippen LogP contribution is 2.33. The second-order valence-electron chi connectivity index (χ2n) is 10.2. The number of morpholine rings is 1. The Kier molecular flexibility index (Phi) is 21.1. The van der Waals surface area contributed by atoms with Crippen LogP contribution in [0.2, 0.25) is 0 Å². The number of hydrogen-bond acceptors (Lipinski definition) is 6. The van der Waals surface area contributed by atoms with Gasteiger partial charge in [-0.25, -0.2) is 4.98 Å². The summed E-state index contributed by atoms with van der Waals surface area (Å²) in [4.78, 5) is 11.8. The molecule has 1 aliphatic carbocycles. The zero-order valence-electron chi connectivity index (χ0n) is 29.9. The number of nitrogens with zero attached hydrogens (tertiary/aromatic N) is 3. The van der Waals surface area contributed by atoms with Crippen LogP contribution >= 0.6 is 0 Å². The van der Waals surface area contributed by atoms with Crippen molar-refractivity contribution in [3.8, 4) is 0 Å². The van der Waals surface area contributed by atoms with Crippen molar-refractivity contribution in [1.29, 1.82) is 0 Å². The maximum absolute atomic E-state index is 5.97. The maximum atomic E-state index is 5.97. The van der Waals surface area contributed by atoms with Crippen LogP contribution in [-0.2, 0) is 4.74 Å². The fourth-order valence-electron chi connectivity index (χ4n) is 4.70. The van der Waals surface area contributed by atoms with E-state index in [0.29, 0.717) is 30.5 Å². The smallest absolute Gasteiger partial charge is 0.229 e. The van der Waals surface area contributed by atoms with Crippen LogP contribution in [0.1, 0.15) is 119 Å². The van der Waals surface area contributed by atoms with Gasteiger partial charge in [0.15, 0.2) is 11.4 Å². The van der Waals surface area contributed by atoms with Gasteiger partial charge in [-0.05, 0) is 42.0 Å². The van der Waals surface area contributed by atoms with Crippen LogP contribution in [0.5, 0.6) is 0 Å². The molecule has 6 heteroatoms. The monoisotopic (exact) mass is 618 g/mol. The number of anilines is 2. The highest BCUT2D eigenvalue weighted by molar-refractivity contribution is 5.87. The number of hydrogen-bond donors (Lipinski definition) is 1. The largest absolute Gasteiger partial charge is 0.451 e. The van der Waals surface area contributed by atoms with Crippen molar-refractivity contribution in [1.82, 2.24) is 9.97 Å². The first kappa shape index (κ1) is 39.6. The van der Waals surface area contributed by atoms with E-state index in [9.17, 15) is 0 Å². The number of allylic oxidation sites excluding steroid dienone is 3. The summed E-state index contributed by atoms with van der Waals surface area (Å²) in [6.45, 7) is 25.3. The predicted octanol–water partition coefficient (Wildman–Crippen LogP) is 11.6. The van der Waals surface area contributed by atoms with Crippen LogP contribution in [0.4, 0.5) is 11.8 Å². The van der Waals surface area contributed by atoms with E-state index >= 15 is 0 Å². The molecule has 0 atom stereocenters. The fourth-order valence-corrected chi connectivity index (χ4v) is 4.70. The summed E-state index contributed by atoms with van der Waals surface area (Å²) < 4.78 is 11.5. The molecule has 2 aliphatic rings. The first-order chi connectivity index (χ1) is 22.1. The minimum Gasteiger partial charge on any atom is -0.451 e. The highest BCUT2D eigenvalue weighted by Gasteiger charge is 2.21. The van der Waals surface area contributed by atoms with Gasteiger partial charge < -0.3 is 19.4 Å². The van der Waals surface area contributed by atoms with Gasteiger partial charge in [0.05, 0.1) is 13.2 Å². The van der Waals surface area contributed by atoms with Gasteiger partial charge in [0.1, 0.15) is 11.3 Å². The Morgan fingerprint density at radius 1 is 0.978 bits per heavy atom. The summed E-state index contributed by atoms with van der Waals surface area (Å²) in [7, 11) is 0. The third kappa shape index (κ3) is 13.7. The van der Waals surface area contributed by atoms with E-state index in [1.807, 2.05) is 53.7 Å². The topological polar surface area (TPSA) is 63.4 Å². The number of fused-ring (bicyclic) bond motifs is 1. The Labute approximate surface area is 275 Å². The van der Waals surface area contributed by atoms with E-state index in [1.165, 1.54) is 43.2 Å². The normalized spacial score (nSPS) is 14.4. The molecule has 0 amide bonds. The lowest BCUT2D eigenvalue weighted by atomic mass is 10.0. The van der Waals surface area contributed by atoms with Gasteiger partial charge in [-0.3, -0.25) is 0 Å². The Bertz CT molecular complexity index is 1250. The van der Waals surface area contributed by atoms with Crippen molar-refractivity contribution < 1.29 is 9.15 Å². The Hall–Kier alpha value is -3.38. The van der Waals surface area contributed by atoms with E-state index < -0.39 is 0 Å². The molecule has 0 unspecified atom stereocenters. The molecular weight excluding hydrogens is 556 g/mol. The summed E-state index contributed by atoms with van der Waals surface area (Å²) in [5, 5.41) is 3.45. The molecule has 0 spiro atoms. The molecule has 0 radical (unpaired) electrons. The quantitative estimate of drug-likeness (QED) is 0.216. The van der Waals surface area contributed by atoms with Crippen molar-refractivity contribution in [3.05, 3.63) is 72.1 Å². The molecule has 2 fully saturated rings. The molecular formula is C39H62N4O2. The van der Waals surface area contributed by atoms with Crippen molar-refractivity contribution >= 4 is 34.5 Å². The number of aromatic nitrogens is 2. The average Bonchev–Trinajstić information content (AvgIpc) is 3.86. The zero-order chi connectivity index (χ0) is 33.5. The van der Waals surface area contributed by atoms with Crippen molar-refractivity contribution in [2.24, 2.45) is 5.92 Å². The van der Waals surface area contributed by atoms with Crippen LogP contribution < -0.4 is 10.2 Å². The molecule has 45 heavy (non-hydrogen) atoms. The summed E-state index contributed by atoms with van der Waals surface area (Å²) >= 11 is 0. The fraction of sp³-hybridized carbons (Fsp3) is 0.538. The Balaban J connectivity index is 0.000000663. The van der Waals surface area contributed by atoms with Gasteiger partial charge in [0.25, 0.3) is 0 Å². The summed E-state index contributed by atoms with van der Waals surface area (Å²) in [5.41, 5.74) is 4.90. The number of rotatable bonds is 11. The first-order valence-electron chi connectivity index (χ1n) is 17.6. The molecule has 1 saturated heterocycles. The van der Waals surface area contributed by atoms with Crippen LogP contribution in [0.15, 0.2) is 65.2 Å². The SMILES string of the molecule is C=Cc1cc2nc(NC(=C\CC)/C=C(\CC)c3ccccc3)nc(N3CCOCC3)c2o1.CC.CC.CC.CCCCC1CC1. The average molecular weight is 619 g/mol. The molecule has 1 aliphatic heterocycles. The molecule has 2 aromatic heterocycles. The third-order valence-electron chi connectivity index (χ3n) is 7.08. The summed E-state index contributed by atoms with van der Waals surface area (Å²) in [6.07, 6.45) is 15.3. The van der Waals surface area contributed by atoms with Crippen LogP contribution in [-0.4, -0.2) is 36.3 Å². The molecule has 5 rings (SSSR count). The van der Waals surface area contributed by atoms with Gasteiger partial charge in [-0.15, -0.1) is 0 Å². The Morgan fingerprint density at radius 3 is 2.20 bits per heavy atom. The molecule has 3 heterocycles. The van der Waals surface area contributed by atoms with Crippen molar-refractivity contribution in [2.45, 2.75) is 107 Å². The number of nitrogens with one attached hydrogen (secondary N) is 1. The minimum atomic E-state index is 0.551. The molecule has 6 nitrogen and oxygen atoms in total. The highest BCUT2D eigenvalue weighted by atomic mass is 16.5.